The van der Waals surface area contributed by atoms with Crippen molar-refractivity contribution in [2.45, 2.75) is 38.1 Å². The summed E-state index contributed by atoms with van der Waals surface area (Å²) in [6.07, 6.45) is 2.19. The average Bonchev–Trinajstić information content (AvgIpc) is 3.01. The Bertz CT molecular complexity index is 1500. The lowest BCUT2D eigenvalue weighted by molar-refractivity contribution is -0.139. The molecule has 0 aliphatic rings. The standard InChI is InChI=1S/C34H32Br3N3O3/c35-26-12-10-24(11-13-26)22-23-40(32(42)9-5-4-8-31(41)38-29-18-14-27(36)15-19-29)33(25-6-2-1-3-7-25)34(43)39-30-20-16-28(37)17-21-30/h1-3,6-7,10-21,33H,4-5,8-9,22-23H2,(H,38,41)(H,39,43). The molecule has 3 amide bonds. The molecule has 0 radical (unpaired) electrons. The van der Waals surface area contributed by atoms with Gasteiger partial charge < -0.3 is 15.5 Å². The summed E-state index contributed by atoms with van der Waals surface area (Å²) >= 11 is 10.3. The minimum absolute atomic E-state index is 0.0992. The van der Waals surface area contributed by atoms with E-state index in [2.05, 4.69) is 58.4 Å². The molecule has 1 atom stereocenters. The number of benzene rings is 4. The molecule has 0 saturated carbocycles. The second-order valence-electron chi connectivity index (χ2n) is 10.0. The summed E-state index contributed by atoms with van der Waals surface area (Å²) in [5.74, 6) is -0.519. The van der Waals surface area contributed by atoms with E-state index in [0.717, 1.165) is 30.2 Å². The number of nitrogens with one attached hydrogen (secondary N) is 2. The molecular weight excluding hydrogens is 738 g/mol. The van der Waals surface area contributed by atoms with E-state index < -0.39 is 6.04 Å². The number of anilines is 2. The van der Waals surface area contributed by atoms with Gasteiger partial charge in [-0.3, -0.25) is 14.4 Å². The van der Waals surface area contributed by atoms with Gasteiger partial charge in [0.05, 0.1) is 0 Å². The first kappa shape index (κ1) is 32.6. The third kappa shape index (κ3) is 10.4. The van der Waals surface area contributed by atoms with Crippen LogP contribution >= 0.6 is 47.8 Å². The minimum Gasteiger partial charge on any atom is -0.326 e. The number of hydrogen-bond donors (Lipinski definition) is 2. The fourth-order valence-electron chi connectivity index (χ4n) is 4.61. The van der Waals surface area contributed by atoms with Crippen LogP contribution in [0.3, 0.4) is 0 Å². The lowest BCUT2D eigenvalue weighted by Crippen LogP contribution is -2.42. The average molecular weight is 770 g/mol. The second kappa shape index (κ2) is 16.5. The summed E-state index contributed by atoms with van der Waals surface area (Å²) < 4.78 is 2.82. The monoisotopic (exact) mass is 767 g/mol. The molecule has 0 bridgehead atoms. The first-order chi connectivity index (χ1) is 20.8. The quantitative estimate of drug-likeness (QED) is 0.133. The smallest absolute Gasteiger partial charge is 0.251 e. The van der Waals surface area contributed by atoms with Crippen LogP contribution in [-0.4, -0.2) is 29.2 Å². The van der Waals surface area contributed by atoms with Crippen LogP contribution < -0.4 is 10.6 Å². The maximum absolute atomic E-state index is 13.8. The number of hydrogen-bond acceptors (Lipinski definition) is 3. The molecule has 4 rings (SSSR count). The van der Waals surface area contributed by atoms with Crippen molar-refractivity contribution in [1.82, 2.24) is 4.90 Å². The van der Waals surface area contributed by atoms with Gasteiger partial charge in [-0.25, -0.2) is 0 Å². The van der Waals surface area contributed by atoms with E-state index in [4.69, 9.17) is 0 Å². The zero-order valence-corrected chi connectivity index (χ0v) is 28.2. The van der Waals surface area contributed by atoms with Crippen LogP contribution in [0.5, 0.6) is 0 Å². The summed E-state index contributed by atoms with van der Waals surface area (Å²) in [6.45, 7) is 0.359. The van der Waals surface area contributed by atoms with Gasteiger partial charge in [-0.05, 0) is 91.1 Å². The SMILES string of the molecule is O=C(CCCCC(=O)N(CCc1ccc(Br)cc1)C(C(=O)Nc1ccc(Br)cc1)c1ccccc1)Nc1ccc(Br)cc1. The van der Waals surface area contributed by atoms with Crippen molar-refractivity contribution in [1.29, 1.82) is 0 Å². The topological polar surface area (TPSA) is 78.5 Å². The molecule has 0 aliphatic heterocycles. The molecule has 43 heavy (non-hydrogen) atoms. The summed E-state index contributed by atoms with van der Waals surface area (Å²) in [5, 5.41) is 5.89. The van der Waals surface area contributed by atoms with E-state index in [1.165, 1.54) is 0 Å². The van der Waals surface area contributed by atoms with Crippen molar-refractivity contribution in [3.05, 3.63) is 128 Å². The Hall–Kier alpha value is -3.27. The number of nitrogens with zero attached hydrogens (tertiary/aromatic N) is 1. The van der Waals surface area contributed by atoms with Gasteiger partial charge in [0.25, 0.3) is 5.91 Å². The van der Waals surface area contributed by atoms with Crippen LogP contribution in [0, 0.1) is 0 Å². The van der Waals surface area contributed by atoms with Crippen LogP contribution in [0.25, 0.3) is 0 Å². The third-order valence-electron chi connectivity index (χ3n) is 6.83. The van der Waals surface area contributed by atoms with Crippen molar-refractivity contribution in [3.63, 3.8) is 0 Å². The molecule has 4 aromatic rings. The van der Waals surface area contributed by atoms with Gasteiger partial charge in [-0.1, -0.05) is 90.3 Å². The Morgan fingerprint density at radius 1 is 0.628 bits per heavy atom. The maximum atomic E-state index is 13.8. The Kier molecular flexibility index (Phi) is 12.6. The zero-order valence-electron chi connectivity index (χ0n) is 23.4. The molecule has 6 nitrogen and oxygen atoms in total. The van der Waals surface area contributed by atoms with E-state index >= 15 is 0 Å². The van der Waals surface area contributed by atoms with Crippen molar-refractivity contribution in [2.75, 3.05) is 17.2 Å². The molecule has 0 heterocycles. The van der Waals surface area contributed by atoms with Gasteiger partial charge >= 0.3 is 0 Å². The lowest BCUT2D eigenvalue weighted by Gasteiger charge is -2.32. The van der Waals surface area contributed by atoms with Crippen LogP contribution in [-0.2, 0) is 20.8 Å². The molecule has 0 aromatic heterocycles. The van der Waals surface area contributed by atoms with E-state index in [1.807, 2.05) is 103 Å². The number of amides is 3. The number of halogens is 3. The van der Waals surface area contributed by atoms with E-state index in [1.54, 1.807) is 4.90 Å². The molecule has 0 spiro atoms. The summed E-state index contributed by atoms with van der Waals surface area (Å²) in [5.41, 5.74) is 3.16. The Morgan fingerprint density at radius 2 is 1.14 bits per heavy atom. The van der Waals surface area contributed by atoms with Gasteiger partial charge in [0.2, 0.25) is 11.8 Å². The molecule has 222 valence electrons. The Balaban J connectivity index is 1.48. The highest BCUT2D eigenvalue weighted by Gasteiger charge is 2.31. The number of carbonyl (C=O) groups excluding carboxylic acids is 3. The highest BCUT2D eigenvalue weighted by molar-refractivity contribution is 9.11. The van der Waals surface area contributed by atoms with Crippen molar-refractivity contribution >= 4 is 76.9 Å². The van der Waals surface area contributed by atoms with Gasteiger partial charge in [0.15, 0.2) is 0 Å². The van der Waals surface area contributed by atoms with Crippen LogP contribution in [0.2, 0.25) is 0 Å². The van der Waals surface area contributed by atoms with Crippen molar-refractivity contribution < 1.29 is 14.4 Å². The molecule has 0 saturated heterocycles. The molecular formula is C34H32Br3N3O3. The molecule has 0 fully saturated rings. The molecule has 9 heteroatoms. The van der Waals surface area contributed by atoms with Gasteiger partial charge in [-0.2, -0.15) is 0 Å². The molecule has 2 N–H and O–H groups in total. The van der Waals surface area contributed by atoms with Gasteiger partial charge in [0.1, 0.15) is 6.04 Å². The Labute approximate surface area is 277 Å². The minimum atomic E-state index is -0.825. The van der Waals surface area contributed by atoms with Crippen molar-refractivity contribution in [2.24, 2.45) is 0 Å². The lowest BCUT2D eigenvalue weighted by atomic mass is 10.0. The summed E-state index contributed by atoms with van der Waals surface area (Å²) in [7, 11) is 0. The summed E-state index contributed by atoms with van der Waals surface area (Å²) in [4.78, 5) is 41.8. The second-order valence-corrected chi connectivity index (χ2v) is 12.8. The predicted octanol–water partition coefficient (Wildman–Crippen LogP) is 8.92. The normalized spacial score (nSPS) is 11.4. The predicted molar refractivity (Wildman–Crippen MR) is 183 cm³/mol. The van der Waals surface area contributed by atoms with Crippen LogP contribution in [0.15, 0.2) is 117 Å². The highest BCUT2D eigenvalue weighted by Crippen LogP contribution is 2.26. The Morgan fingerprint density at radius 3 is 1.72 bits per heavy atom. The van der Waals surface area contributed by atoms with Crippen LogP contribution in [0.4, 0.5) is 11.4 Å². The fourth-order valence-corrected chi connectivity index (χ4v) is 5.41. The number of rotatable bonds is 13. The van der Waals surface area contributed by atoms with Crippen LogP contribution in [0.1, 0.15) is 42.9 Å². The van der Waals surface area contributed by atoms with Crippen molar-refractivity contribution in [3.8, 4) is 0 Å². The third-order valence-corrected chi connectivity index (χ3v) is 8.42. The number of unbranched alkanes of at least 4 members (excludes halogenated alkanes) is 1. The van der Waals surface area contributed by atoms with Gasteiger partial charge in [0, 0.05) is 44.2 Å². The van der Waals surface area contributed by atoms with E-state index in [9.17, 15) is 14.4 Å². The summed E-state index contributed by atoms with van der Waals surface area (Å²) in [6, 6.07) is 31.3. The fraction of sp³-hybridized carbons (Fsp3) is 0.206. The van der Waals surface area contributed by atoms with Gasteiger partial charge in [-0.15, -0.1) is 0 Å². The molecule has 4 aromatic carbocycles. The zero-order chi connectivity index (χ0) is 30.6. The molecule has 0 aliphatic carbocycles. The largest absolute Gasteiger partial charge is 0.326 e. The van der Waals surface area contributed by atoms with E-state index in [0.29, 0.717) is 37.9 Å². The molecule has 1 unspecified atom stereocenters. The number of carbonyl (C=O) groups is 3. The first-order valence-electron chi connectivity index (χ1n) is 14.0. The van der Waals surface area contributed by atoms with E-state index in [-0.39, 0.29) is 24.1 Å². The highest BCUT2D eigenvalue weighted by atomic mass is 79.9. The first-order valence-corrected chi connectivity index (χ1v) is 16.4. The maximum Gasteiger partial charge on any atom is 0.251 e.